The van der Waals surface area contributed by atoms with Crippen molar-refractivity contribution in [1.82, 2.24) is 16.2 Å². The predicted octanol–water partition coefficient (Wildman–Crippen LogP) is 1.26. The number of nitrogens with one attached hydrogen (secondary N) is 3. The maximum Gasteiger partial charge on any atom is 0.269 e. The van der Waals surface area contributed by atoms with Gasteiger partial charge in [-0.05, 0) is 18.2 Å². The molecule has 0 spiro atoms. The molecular weight excluding hydrogens is 294 g/mol. The molecule has 0 saturated carbocycles. The molecule has 1 rings (SSSR count). The van der Waals surface area contributed by atoms with Crippen molar-refractivity contribution < 1.29 is 14.4 Å². The highest BCUT2D eigenvalue weighted by molar-refractivity contribution is 6.30. The molecule has 0 fully saturated rings. The van der Waals surface area contributed by atoms with Gasteiger partial charge in [-0.15, -0.1) is 0 Å². The van der Waals surface area contributed by atoms with E-state index in [1.165, 1.54) is 6.07 Å². The summed E-state index contributed by atoms with van der Waals surface area (Å²) in [6.07, 6.45) is 0. The van der Waals surface area contributed by atoms with Crippen LogP contribution in [-0.2, 0) is 9.59 Å². The topological polar surface area (TPSA) is 87.3 Å². The Hall–Kier alpha value is -2.08. The van der Waals surface area contributed by atoms with Gasteiger partial charge in [0.2, 0.25) is 5.91 Å². The molecule has 0 bridgehead atoms. The maximum absolute atomic E-state index is 11.7. The van der Waals surface area contributed by atoms with E-state index in [0.29, 0.717) is 10.6 Å². The van der Waals surface area contributed by atoms with Crippen LogP contribution in [0, 0.1) is 5.41 Å². The van der Waals surface area contributed by atoms with Crippen LogP contribution in [0.4, 0.5) is 0 Å². The van der Waals surface area contributed by atoms with Crippen molar-refractivity contribution in [3.05, 3.63) is 34.9 Å². The lowest BCUT2D eigenvalue weighted by atomic mass is 9.96. The summed E-state index contributed by atoms with van der Waals surface area (Å²) in [5.74, 6) is -1.27. The molecule has 0 heterocycles. The molecule has 0 unspecified atom stereocenters. The molecule has 1 aromatic carbocycles. The smallest absolute Gasteiger partial charge is 0.269 e. The Morgan fingerprint density at radius 1 is 1.14 bits per heavy atom. The molecule has 0 aliphatic rings. The van der Waals surface area contributed by atoms with Gasteiger partial charge in [-0.3, -0.25) is 25.2 Å². The van der Waals surface area contributed by atoms with Gasteiger partial charge < -0.3 is 5.32 Å². The number of hydrazine groups is 1. The molecule has 3 N–H and O–H groups in total. The molecule has 0 aromatic heterocycles. The minimum Gasteiger partial charge on any atom is -0.347 e. The average molecular weight is 312 g/mol. The van der Waals surface area contributed by atoms with Crippen molar-refractivity contribution in [2.24, 2.45) is 5.41 Å². The average Bonchev–Trinajstić information content (AvgIpc) is 2.40. The third-order valence-corrected chi connectivity index (χ3v) is 2.73. The zero-order chi connectivity index (χ0) is 16.0. The Kier molecular flexibility index (Phi) is 5.72. The van der Waals surface area contributed by atoms with Crippen LogP contribution in [0.25, 0.3) is 0 Å². The Bertz CT molecular complexity index is 553. The van der Waals surface area contributed by atoms with Gasteiger partial charge >= 0.3 is 0 Å². The fraction of sp³-hybridized carbons (Fsp3) is 0.357. The number of hydrogen-bond acceptors (Lipinski definition) is 3. The van der Waals surface area contributed by atoms with Crippen LogP contribution < -0.4 is 16.2 Å². The molecule has 3 amide bonds. The fourth-order valence-corrected chi connectivity index (χ4v) is 1.49. The van der Waals surface area contributed by atoms with Crippen LogP contribution in [0.3, 0.4) is 0 Å². The van der Waals surface area contributed by atoms with Crippen LogP contribution in [-0.4, -0.2) is 24.3 Å². The van der Waals surface area contributed by atoms with E-state index in [-0.39, 0.29) is 12.5 Å². The Labute approximate surface area is 128 Å². The Morgan fingerprint density at radius 2 is 1.81 bits per heavy atom. The van der Waals surface area contributed by atoms with E-state index in [2.05, 4.69) is 16.2 Å². The Morgan fingerprint density at radius 3 is 2.38 bits per heavy atom. The summed E-state index contributed by atoms with van der Waals surface area (Å²) in [6.45, 7) is 5.00. The number of benzene rings is 1. The zero-order valence-corrected chi connectivity index (χ0v) is 12.9. The first kappa shape index (κ1) is 17.0. The third kappa shape index (κ3) is 5.83. The van der Waals surface area contributed by atoms with Crippen molar-refractivity contribution in [2.45, 2.75) is 20.8 Å². The van der Waals surface area contributed by atoms with Crippen LogP contribution in [0.15, 0.2) is 24.3 Å². The summed E-state index contributed by atoms with van der Waals surface area (Å²) in [7, 11) is 0. The number of halogens is 1. The number of rotatable bonds is 3. The molecule has 0 aliphatic heterocycles. The second kappa shape index (κ2) is 7.08. The molecule has 0 saturated heterocycles. The third-order valence-electron chi connectivity index (χ3n) is 2.49. The monoisotopic (exact) mass is 311 g/mol. The summed E-state index contributed by atoms with van der Waals surface area (Å²) in [5.41, 5.74) is 4.19. The number of carbonyl (C=O) groups excluding carboxylic acids is 3. The molecular formula is C14H18ClN3O3. The van der Waals surface area contributed by atoms with Gasteiger partial charge in [0.05, 0.1) is 6.54 Å². The summed E-state index contributed by atoms with van der Waals surface area (Å²) >= 11 is 5.76. The molecule has 6 nitrogen and oxygen atoms in total. The Balaban J connectivity index is 2.40. The number of amides is 3. The van der Waals surface area contributed by atoms with Crippen molar-refractivity contribution in [1.29, 1.82) is 0 Å². The van der Waals surface area contributed by atoms with Gasteiger partial charge in [-0.1, -0.05) is 38.4 Å². The first-order chi connectivity index (χ1) is 9.70. The van der Waals surface area contributed by atoms with E-state index < -0.39 is 17.2 Å². The largest absolute Gasteiger partial charge is 0.347 e. The lowest BCUT2D eigenvalue weighted by molar-refractivity contribution is -0.131. The standard InChI is InChI=1S/C14H18ClN3O3/c1-14(2,3)13(21)16-8-11(19)17-18-12(20)9-5-4-6-10(15)7-9/h4-7H,8H2,1-3H3,(H,16,21)(H,17,19)(H,18,20). The zero-order valence-electron chi connectivity index (χ0n) is 12.1. The molecule has 114 valence electrons. The van der Waals surface area contributed by atoms with Crippen molar-refractivity contribution in [2.75, 3.05) is 6.54 Å². The van der Waals surface area contributed by atoms with Crippen molar-refractivity contribution >= 4 is 29.3 Å². The van der Waals surface area contributed by atoms with Crippen molar-refractivity contribution in [3.8, 4) is 0 Å². The van der Waals surface area contributed by atoms with Crippen LogP contribution >= 0.6 is 11.6 Å². The number of hydrogen-bond donors (Lipinski definition) is 3. The highest BCUT2D eigenvalue weighted by Crippen LogP contribution is 2.12. The van der Waals surface area contributed by atoms with Gasteiger partial charge in [0.25, 0.3) is 11.8 Å². The molecule has 0 atom stereocenters. The fourth-order valence-electron chi connectivity index (χ4n) is 1.30. The van der Waals surface area contributed by atoms with E-state index >= 15 is 0 Å². The van der Waals surface area contributed by atoms with Gasteiger partial charge in [0.15, 0.2) is 0 Å². The lowest BCUT2D eigenvalue weighted by Crippen LogP contribution is -2.47. The van der Waals surface area contributed by atoms with Crippen LogP contribution in [0.5, 0.6) is 0 Å². The SMILES string of the molecule is CC(C)(C)C(=O)NCC(=O)NNC(=O)c1cccc(Cl)c1. The maximum atomic E-state index is 11.7. The van der Waals surface area contributed by atoms with E-state index in [1.54, 1.807) is 39.0 Å². The molecule has 0 aliphatic carbocycles. The van der Waals surface area contributed by atoms with Crippen LogP contribution in [0.2, 0.25) is 5.02 Å². The molecule has 1 aromatic rings. The lowest BCUT2D eigenvalue weighted by Gasteiger charge is -2.17. The van der Waals surface area contributed by atoms with Gasteiger partial charge in [-0.2, -0.15) is 0 Å². The summed E-state index contributed by atoms with van der Waals surface area (Å²) in [6, 6.07) is 6.31. The predicted molar refractivity (Wildman–Crippen MR) is 79.5 cm³/mol. The summed E-state index contributed by atoms with van der Waals surface area (Å²) < 4.78 is 0. The first-order valence-electron chi connectivity index (χ1n) is 6.33. The normalized spacial score (nSPS) is 10.7. The van der Waals surface area contributed by atoms with Crippen LogP contribution in [0.1, 0.15) is 31.1 Å². The molecule has 21 heavy (non-hydrogen) atoms. The second-order valence-electron chi connectivity index (χ2n) is 5.45. The van der Waals surface area contributed by atoms with E-state index in [1.807, 2.05) is 0 Å². The minimum absolute atomic E-state index is 0.216. The van der Waals surface area contributed by atoms with Gasteiger partial charge in [0.1, 0.15) is 0 Å². The quantitative estimate of drug-likeness (QED) is 0.734. The molecule has 7 heteroatoms. The van der Waals surface area contributed by atoms with Crippen molar-refractivity contribution in [3.63, 3.8) is 0 Å². The van der Waals surface area contributed by atoms with Gasteiger partial charge in [0, 0.05) is 16.0 Å². The summed E-state index contributed by atoms with van der Waals surface area (Å²) in [4.78, 5) is 34.8. The highest BCUT2D eigenvalue weighted by Gasteiger charge is 2.21. The van der Waals surface area contributed by atoms with Gasteiger partial charge in [-0.25, -0.2) is 0 Å². The number of carbonyl (C=O) groups is 3. The van der Waals surface area contributed by atoms with E-state index in [9.17, 15) is 14.4 Å². The molecule has 0 radical (unpaired) electrons. The van der Waals surface area contributed by atoms with E-state index in [4.69, 9.17) is 11.6 Å². The minimum atomic E-state index is -0.579. The highest BCUT2D eigenvalue weighted by atomic mass is 35.5. The first-order valence-corrected chi connectivity index (χ1v) is 6.71. The summed E-state index contributed by atoms with van der Waals surface area (Å²) in [5, 5.41) is 2.89. The van der Waals surface area contributed by atoms with E-state index in [0.717, 1.165) is 0 Å². The second-order valence-corrected chi connectivity index (χ2v) is 5.88.